The molecule has 104 valence electrons. The van der Waals surface area contributed by atoms with Gasteiger partial charge >= 0.3 is 0 Å². The van der Waals surface area contributed by atoms with E-state index < -0.39 is 0 Å². The highest BCUT2D eigenvalue weighted by atomic mass is 79.9. The van der Waals surface area contributed by atoms with E-state index in [0.717, 1.165) is 15.6 Å². The normalized spacial score (nSPS) is 11.4. The maximum atomic E-state index is 8.77. The Bertz CT molecular complexity index is 644. The van der Waals surface area contributed by atoms with E-state index >= 15 is 0 Å². The Morgan fingerprint density at radius 2 is 2.10 bits per heavy atom. The fourth-order valence-electron chi connectivity index (χ4n) is 1.67. The number of ether oxygens (including phenoxy) is 1. The van der Waals surface area contributed by atoms with Crippen LogP contribution in [-0.4, -0.2) is 10.9 Å². The average Bonchev–Trinajstić information content (AvgIpc) is 2.46. The smallest absolute Gasteiger partial charge is 0.120 e. The summed E-state index contributed by atoms with van der Waals surface area (Å²) < 4.78 is 6.65. The van der Waals surface area contributed by atoms with Gasteiger partial charge in [-0.2, -0.15) is 0 Å². The molecule has 5 heteroatoms. The number of hydrogen-bond donors (Lipinski definition) is 1. The molecule has 0 aliphatic rings. The van der Waals surface area contributed by atoms with E-state index in [0.29, 0.717) is 23.1 Å². The third kappa shape index (κ3) is 3.74. The number of oxime groups is 1. The van der Waals surface area contributed by atoms with Crippen LogP contribution >= 0.6 is 27.5 Å². The lowest BCUT2D eigenvalue weighted by molar-refractivity contribution is 0.306. The molecular formula is C15H13BrClNO2. The zero-order valence-electron chi connectivity index (χ0n) is 10.8. The first kappa shape index (κ1) is 14.9. The molecule has 0 aliphatic carbocycles. The van der Waals surface area contributed by atoms with E-state index in [1.807, 2.05) is 42.5 Å². The van der Waals surface area contributed by atoms with Crippen molar-refractivity contribution < 1.29 is 9.94 Å². The Morgan fingerprint density at radius 3 is 2.80 bits per heavy atom. The predicted molar refractivity (Wildman–Crippen MR) is 83.9 cm³/mol. The molecule has 3 nitrogen and oxygen atoms in total. The minimum atomic E-state index is 0.380. The lowest BCUT2D eigenvalue weighted by Crippen LogP contribution is -1.99. The van der Waals surface area contributed by atoms with Crippen LogP contribution in [-0.2, 0) is 6.61 Å². The van der Waals surface area contributed by atoms with Crippen molar-refractivity contribution in [2.24, 2.45) is 5.16 Å². The minimum absolute atomic E-state index is 0.380. The van der Waals surface area contributed by atoms with Gasteiger partial charge in [0.2, 0.25) is 0 Å². The number of hydrogen-bond acceptors (Lipinski definition) is 3. The summed E-state index contributed by atoms with van der Waals surface area (Å²) in [7, 11) is 0. The molecule has 2 rings (SSSR count). The first-order valence-corrected chi connectivity index (χ1v) is 7.13. The van der Waals surface area contributed by atoms with E-state index in [9.17, 15) is 0 Å². The van der Waals surface area contributed by atoms with Crippen LogP contribution in [0.25, 0.3) is 0 Å². The van der Waals surface area contributed by atoms with Crippen molar-refractivity contribution in [3.05, 3.63) is 63.1 Å². The Kier molecular flexibility index (Phi) is 5.04. The molecule has 0 bridgehead atoms. The molecule has 1 N–H and O–H groups in total. The molecule has 2 aromatic rings. The van der Waals surface area contributed by atoms with Gasteiger partial charge < -0.3 is 9.94 Å². The highest BCUT2D eigenvalue weighted by Gasteiger charge is 2.04. The van der Waals surface area contributed by atoms with E-state index in [-0.39, 0.29) is 0 Å². The van der Waals surface area contributed by atoms with Gasteiger partial charge in [-0.3, -0.25) is 0 Å². The third-order valence-corrected chi connectivity index (χ3v) is 3.66. The summed E-state index contributed by atoms with van der Waals surface area (Å²) in [5, 5.41) is 12.6. The Balaban J connectivity index is 2.11. The molecule has 0 saturated carbocycles. The van der Waals surface area contributed by atoms with Gasteiger partial charge in [0.1, 0.15) is 12.4 Å². The van der Waals surface area contributed by atoms with Crippen molar-refractivity contribution in [3.8, 4) is 5.75 Å². The van der Waals surface area contributed by atoms with E-state index in [4.69, 9.17) is 21.5 Å². The quantitative estimate of drug-likeness (QED) is 0.483. The van der Waals surface area contributed by atoms with Gasteiger partial charge in [-0.05, 0) is 31.2 Å². The van der Waals surface area contributed by atoms with E-state index in [1.165, 1.54) is 0 Å². The summed E-state index contributed by atoms with van der Waals surface area (Å²) in [5.74, 6) is 0.699. The van der Waals surface area contributed by atoms with Crippen LogP contribution in [0.4, 0.5) is 0 Å². The van der Waals surface area contributed by atoms with Crippen LogP contribution in [0.2, 0.25) is 5.02 Å². The number of rotatable bonds is 4. The molecule has 0 heterocycles. The molecule has 0 saturated heterocycles. The van der Waals surface area contributed by atoms with Gasteiger partial charge in [0.25, 0.3) is 0 Å². The molecule has 0 atom stereocenters. The summed E-state index contributed by atoms with van der Waals surface area (Å²) in [5.41, 5.74) is 2.26. The number of nitrogens with zero attached hydrogens (tertiary/aromatic N) is 1. The van der Waals surface area contributed by atoms with Gasteiger partial charge in [0.05, 0.1) is 5.71 Å². The second-order valence-corrected chi connectivity index (χ2v) is 5.56. The van der Waals surface area contributed by atoms with Crippen molar-refractivity contribution >= 4 is 33.2 Å². The fourth-order valence-corrected chi connectivity index (χ4v) is 2.40. The molecule has 0 spiro atoms. The summed E-state index contributed by atoms with van der Waals surface area (Å²) in [6.45, 7) is 2.11. The Labute approximate surface area is 131 Å². The largest absolute Gasteiger partial charge is 0.489 e. The molecule has 0 radical (unpaired) electrons. The van der Waals surface area contributed by atoms with E-state index in [1.54, 1.807) is 6.92 Å². The molecule has 0 fully saturated rings. The molecule has 0 amide bonds. The Morgan fingerprint density at radius 1 is 1.30 bits per heavy atom. The number of halogens is 2. The zero-order valence-corrected chi connectivity index (χ0v) is 13.1. The van der Waals surface area contributed by atoms with Crippen LogP contribution in [0.5, 0.6) is 5.75 Å². The number of benzene rings is 2. The van der Waals surface area contributed by atoms with Crippen molar-refractivity contribution in [2.45, 2.75) is 13.5 Å². The fraction of sp³-hybridized carbons (Fsp3) is 0.133. The van der Waals surface area contributed by atoms with E-state index in [2.05, 4.69) is 21.1 Å². The molecule has 20 heavy (non-hydrogen) atoms. The van der Waals surface area contributed by atoms with Crippen molar-refractivity contribution in [1.29, 1.82) is 0 Å². The van der Waals surface area contributed by atoms with Crippen molar-refractivity contribution in [1.82, 2.24) is 0 Å². The maximum absolute atomic E-state index is 8.77. The van der Waals surface area contributed by atoms with Crippen molar-refractivity contribution in [3.63, 3.8) is 0 Å². The van der Waals surface area contributed by atoms with Gasteiger partial charge in [-0.15, -0.1) is 0 Å². The standard InChI is InChI=1S/C15H13BrClNO2/c1-10(18-19)11-3-2-4-14(7-11)20-9-12-5-6-13(16)8-15(12)17/h2-8,19H,9H2,1H3/b18-10-. The van der Waals surface area contributed by atoms with Gasteiger partial charge in [-0.1, -0.05) is 50.9 Å². The lowest BCUT2D eigenvalue weighted by Gasteiger charge is -2.09. The first-order valence-electron chi connectivity index (χ1n) is 5.96. The van der Waals surface area contributed by atoms with Crippen LogP contribution in [0.15, 0.2) is 52.1 Å². The van der Waals surface area contributed by atoms with Crippen LogP contribution in [0.1, 0.15) is 18.1 Å². The zero-order chi connectivity index (χ0) is 14.5. The average molecular weight is 355 g/mol. The maximum Gasteiger partial charge on any atom is 0.120 e. The third-order valence-electron chi connectivity index (χ3n) is 2.81. The molecule has 0 aliphatic heterocycles. The van der Waals surface area contributed by atoms with Gasteiger partial charge in [-0.25, -0.2) is 0 Å². The topological polar surface area (TPSA) is 41.8 Å². The van der Waals surface area contributed by atoms with Crippen LogP contribution < -0.4 is 4.74 Å². The minimum Gasteiger partial charge on any atom is -0.489 e. The molecular weight excluding hydrogens is 342 g/mol. The summed E-state index contributed by atoms with van der Waals surface area (Å²) >= 11 is 9.50. The van der Waals surface area contributed by atoms with Crippen LogP contribution in [0.3, 0.4) is 0 Å². The highest BCUT2D eigenvalue weighted by molar-refractivity contribution is 9.10. The lowest BCUT2D eigenvalue weighted by atomic mass is 10.1. The molecule has 2 aromatic carbocycles. The van der Waals surface area contributed by atoms with Gasteiger partial charge in [0.15, 0.2) is 0 Å². The summed E-state index contributed by atoms with van der Waals surface area (Å²) in [4.78, 5) is 0. The summed E-state index contributed by atoms with van der Waals surface area (Å²) in [6.07, 6.45) is 0. The highest BCUT2D eigenvalue weighted by Crippen LogP contribution is 2.23. The summed E-state index contributed by atoms with van der Waals surface area (Å²) in [6, 6.07) is 13.0. The van der Waals surface area contributed by atoms with Gasteiger partial charge in [0, 0.05) is 20.6 Å². The second-order valence-electron chi connectivity index (χ2n) is 4.24. The monoisotopic (exact) mass is 353 g/mol. The molecule has 0 unspecified atom stereocenters. The first-order chi connectivity index (χ1) is 9.60. The van der Waals surface area contributed by atoms with Crippen molar-refractivity contribution in [2.75, 3.05) is 0 Å². The SMILES string of the molecule is C/C(=N/O)c1cccc(OCc2ccc(Br)cc2Cl)c1. The molecule has 0 aromatic heterocycles. The van der Waals surface area contributed by atoms with Crippen LogP contribution in [0, 0.1) is 0 Å². The Hall–Kier alpha value is -1.52. The predicted octanol–water partition coefficient (Wildman–Crippen LogP) is 4.88. The second kappa shape index (κ2) is 6.77.